The molecule has 100 valence electrons. The third kappa shape index (κ3) is 2.90. The maximum atomic E-state index is 5.78. The smallest absolute Gasteiger partial charge is 0.220 e. The van der Waals surface area contributed by atoms with Crippen LogP contribution in [0.4, 0.5) is 0 Å². The van der Waals surface area contributed by atoms with Crippen LogP contribution in [0.3, 0.4) is 0 Å². The SMILES string of the molecule is CC1COCCC1c1nnc(CCNC2CC2)o1. The summed E-state index contributed by atoms with van der Waals surface area (Å²) < 4.78 is 11.2. The average Bonchev–Trinajstić information content (AvgIpc) is 3.08. The molecule has 2 unspecified atom stereocenters. The van der Waals surface area contributed by atoms with Crippen LogP contribution in [0.15, 0.2) is 4.42 Å². The number of hydrogen-bond acceptors (Lipinski definition) is 5. The van der Waals surface area contributed by atoms with Gasteiger partial charge < -0.3 is 14.5 Å². The summed E-state index contributed by atoms with van der Waals surface area (Å²) in [5.41, 5.74) is 0. The molecule has 1 aromatic heterocycles. The molecule has 2 aliphatic rings. The van der Waals surface area contributed by atoms with Gasteiger partial charge in [-0.25, -0.2) is 0 Å². The molecule has 0 amide bonds. The zero-order valence-corrected chi connectivity index (χ0v) is 10.9. The lowest BCUT2D eigenvalue weighted by Gasteiger charge is -2.25. The van der Waals surface area contributed by atoms with Crippen molar-refractivity contribution in [3.63, 3.8) is 0 Å². The van der Waals surface area contributed by atoms with Crippen LogP contribution in [0.1, 0.15) is 43.9 Å². The fourth-order valence-electron chi connectivity index (χ4n) is 2.44. The molecule has 1 aromatic rings. The Morgan fingerprint density at radius 3 is 2.94 bits per heavy atom. The van der Waals surface area contributed by atoms with Gasteiger partial charge in [-0.1, -0.05) is 6.92 Å². The van der Waals surface area contributed by atoms with Gasteiger partial charge >= 0.3 is 0 Å². The van der Waals surface area contributed by atoms with Crippen LogP contribution in [-0.2, 0) is 11.2 Å². The normalized spacial score (nSPS) is 28.5. The molecular weight excluding hydrogens is 230 g/mol. The molecule has 5 nitrogen and oxygen atoms in total. The van der Waals surface area contributed by atoms with Crippen molar-refractivity contribution >= 4 is 0 Å². The molecular formula is C13H21N3O2. The van der Waals surface area contributed by atoms with Crippen molar-refractivity contribution in [1.29, 1.82) is 0 Å². The first-order valence-corrected chi connectivity index (χ1v) is 6.96. The van der Waals surface area contributed by atoms with Gasteiger partial charge in [0.25, 0.3) is 0 Å². The number of aromatic nitrogens is 2. The number of hydrogen-bond donors (Lipinski definition) is 1. The van der Waals surface area contributed by atoms with Crippen molar-refractivity contribution in [3.05, 3.63) is 11.8 Å². The van der Waals surface area contributed by atoms with Crippen LogP contribution in [0, 0.1) is 5.92 Å². The van der Waals surface area contributed by atoms with Gasteiger partial charge in [-0.2, -0.15) is 0 Å². The predicted molar refractivity (Wildman–Crippen MR) is 66.4 cm³/mol. The summed E-state index contributed by atoms with van der Waals surface area (Å²) in [6.07, 6.45) is 4.45. The molecule has 0 bridgehead atoms. The molecule has 18 heavy (non-hydrogen) atoms. The van der Waals surface area contributed by atoms with Crippen LogP contribution in [-0.4, -0.2) is 36.0 Å². The fraction of sp³-hybridized carbons (Fsp3) is 0.846. The molecule has 1 N–H and O–H groups in total. The van der Waals surface area contributed by atoms with Gasteiger partial charge in [0.2, 0.25) is 11.8 Å². The van der Waals surface area contributed by atoms with Gasteiger partial charge in [0.05, 0.1) is 0 Å². The summed E-state index contributed by atoms with van der Waals surface area (Å²) in [5, 5.41) is 11.8. The fourth-order valence-corrected chi connectivity index (χ4v) is 2.44. The lowest BCUT2D eigenvalue weighted by molar-refractivity contribution is 0.0404. The third-order valence-corrected chi connectivity index (χ3v) is 3.79. The average molecular weight is 251 g/mol. The van der Waals surface area contributed by atoms with Gasteiger partial charge in [-0.15, -0.1) is 10.2 Å². The molecule has 1 aliphatic heterocycles. The van der Waals surface area contributed by atoms with Crippen LogP contribution < -0.4 is 5.32 Å². The molecule has 0 aromatic carbocycles. The van der Waals surface area contributed by atoms with Crippen LogP contribution in [0.5, 0.6) is 0 Å². The molecule has 2 atom stereocenters. The van der Waals surface area contributed by atoms with Gasteiger partial charge in [-0.05, 0) is 25.2 Å². The Morgan fingerprint density at radius 1 is 1.28 bits per heavy atom. The molecule has 1 aliphatic carbocycles. The Bertz CT molecular complexity index is 389. The van der Waals surface area contributed by atoms with Crippen molar-refractivity contribution in [2.24, 2.45) is 5.92 Å². The Labute approximate surface area is 107 Å². The van der Waals surface area contributed by atoms with E-state index in [1.54, 1.807) is 0 Å². The topological polar surface area (TPSA) is 60.2 Å². The molecule has 0 spiro atoms. The van der Waals surface area contributed by atoms with Gasteiger partial charge in [0.15, 0.2) is 0 Å². The first kappa shape index (κ1) is 12.1. The largest absolute Gasteiger partial charge is 0.425 e. The van der Waals surface area contributed by atoms with Crippen LogP contribution >= 0.6 is 0 Å². The minimum absolute atomic E-state index is 0.372. The lowest BCUT2D eigenvalue weighted by Crippen LogP contribution is -2.23. The Morgan fingerprint density at radius 2 is 2.17 bits per heavy atom. The molecule has 1 saturated heterocycles. The molecule has 1 saturated carbocycles. The lowest BCUT2D eigenvalue weighted by atomic mass is 9.90. The Balaban J connectivity index is 1.54. The second-order valence-electron chi connectivity index (χ2n) is 5.46. The monoisotopic (exact) mass is 251 g/mol. The second kappa shape index (κ2) is 5.36. The molecule has 3 rings (SSSR count). The highest BCUT2D eigenvalue weighted by atomic mass is 16.5. The van der Waals surface area contributed by atoms with E-state index in [4.69, 9.17) is 9.15 Å². The first-order valence-electron chi connectivity index (χ1n) is 6.96. The van der Waals surface area contributed by atoms with Crippen LogP contribution in [0.2, 0.25) is 0 Å². The van der Waals surface area contributed by atoms with Gasteiger partial charge in [-0.3, -0.25) is 0 Å². The number of rotatable bonds is 5. The van der Waals surface area contributed by atoms with E-state index in [0.29, 0.717) is 11.8 Å². The van der Waals surface area contributed by atoms with E-state index in [-0.39, 0.29) is 0 Å². The highest BCUT2D eigenvalue weighted by Crippen LogP contribution is 2.30. The predicted octanol–water partition coefficient (Wildman–Crippen LogP) is 1.50. The summed E-state index contributed by atoms with van der Waals surface area (Å²) in [5.74, 6) is 2.40. The Hall–Kier alpha value is -0.940. The van der Waals surface area contributed by atoms with Gasteiger partial charge in [0.1, 0.15) is 0 Å². The van der Waals surface area contributed by atoms with Gasteiger partial charge in [0, 0.05) is 38.1 Å². The van der Waals surface area contributed by atoms with Crippen molar-refractivity contribution in [1.82, 2.24) is 15.5 Å². The van der Waals surface area contributed by atoms with Crippen molar-refractivity contribution in [2.45, 2.75) is 44.6 Å². The maximum absolute atomic E-state index is 5.78. The van der Waals surface area contributed by atoms with E-state index in [2.05, 4.69) is 22.4 Å². The number of nitrogens with zero attached hydrogens (tertiary/aromatic N) is 2. The Kier molecular flexibility index (Phi) is 3.61. The van der Waals surface area contributed by atoms with E-state index in [9.17, 15) is 0 Å². The van der Waals surface area contributed by atoms with E-state index in [1.165, 1.54) is 12.8 Å². The van der Waals surface area contributed by atoms with E-state index >= 15 is 0 Å². The van der Waals surface area contributed by atoms with E-state index in [0.717, 1.165) is 50.4 Å². The summed E-state index contributed by atoms with van der Waals surface area (Å²) in [4.78, 5) is 0. The first-order chi connectivity index (χ1) is 8.83. The van der Waals surface area contributed by atoms with E-state index in [1.807, 2.05) is 0 Å². The van der Waals surface area contributed by atoms with Crippen LogP contribution in [0.25, 0.3) is 0 Å². The number of ether oxygens (including phenoxy) is 1. The maximum Gasteiger partial charge on any atom is 0.220 e. The minimum Gasteiger partial charge on any atom is -0.425 e. The summed E-state index contributed by atoms with van der Waals surface area (Å²) in [7, 11) is 0. The second-order valence-corrected chi connectivity index (χ2v) is 5.46. The minimum atomic E-state index is 0.372. The number of nitrogens with one attached hydrogen (secondary N) is 1. The highest BCUT2D eigenvalue weighted by Gasteiger charge is 2.28. The quantitative estimate of drug-likeness (QED) is 0.859. The zero-order valence-electron chi connectivity index (χ0n) is 10.9. The third-order valence-electron chi connectivity index (χ3n) is 3.79. The molecule has 5 heteroatoms. The summed E-state index contributed by atoms with van der Waals surface area (Å²) in [6, 6.07) is 0.739. The highest BCUT2D eigenvalue weighted by molar-refractivity contribution is 4.96. The standard InChI is InChI=1S/C13H21N3O2/c1-9-8-17-7-5-11(9)13-16-15-12(18-13)4-6-14-10-2-3-10/h9-11,14H,2-8H2,1H3. The van der Waals surface area contributed by atoms with E-state index < -0.39 is 0 Å². The summed E-state index contributed by atoms with van der Waals surface area (Å²) >= 11 is 0. The molecule has 2 fully saturated rings. The molecule has 2 heterocycles. The zero-order chi connectivity index (χ0) is 12.4. The van der Waals surface area contributed by atoms with Crippen molar-refractivity contribution < 1.29 is 9.15 Å². The molecule has 0 radical (unpaired) electrons. The van der Waals surface area contributed by atoms with Crippen molar-refractivity contribution in [2.75, 3.05) is 19.8 Å². The van der Waals surface area contributed by atoms with Crippen molar-refractivity contribution in [3.8, 4) is 0 Å². The summed E-state index contributed by atoms with van der Waals surface area (Å²) in [6.45, 7) is 4.72.